The molecule has 5 rings (SSSR count). The normalized spacial score (nSPS) is 14.6. The van der Waals surface area contributed by atoms with Crippen LogP contribution in [0.4, 0.5) is 0 Å². The van der Waals surface area contributed by atoms with Crippen molar-refractivity contribution in [1.82, 2.24) is 4.57 Å². The minimum Gasteiger partial charge on any atom is -0.493 e. The minimum atomic E-state index is -0.734. The van der Waals surface area contributed by atoms with Gasteiger partial charge < -0.3 is 18.9 Å². The van der Waals surface area contributed by atoms with Crippen molar-refractivity contribution in [1.29, 1.82) is 0 Å². The zero-order chi connectivity index (χ0) is 29.6. The lowest BCUT2D eigenvalue weighted by Crippen LogP contribution is -2.39. The minimum absolute atomic E-state index is 0.177. The second-order valence-electron chi connectivity index (χ2n) is 8.92. The number of thiophene rings is 1. The maximum atomic E-state index is 14.1. The Morgan fingerprint density at radius 1 is 1.00 bits per heavy atom. The van der Waals surface area contributed by atoms with E-state index in [1.807, 2.05) is 47.8 Å². The Morgan fingerprint density at radius 2 is 1.79 bits per heavy atom. The zero-order valence-electron chi connectivity index (χ0n) is 23.2. The number of thiazole rings is 1. The number of para-hydroxylation sites is 1. The number of benzene rings is 2. The molecule has 0 saturated carbocycles. The Labute approximate surface area is 249 Å². The quantitative estimate of drug-likeness (QED) is 0.253. The van der Waals surface area contributed by atoms with E-state index in [2.05, 4.69) is 0 Å². The molecule has 1 aliphatic heterocycles. The van der Waals surface area contributed by atoms with Crippen molar-refractivity contribution in [3.63, 3.8) is 0 Å². The molecule has 0 spiro atoms. The summed E-state index contributed by atoms with van der Waals surface area (Å²) in [5.74, 6) is -0.362. The molecule has 0 unspecified atom stereocenters. The molecule has 0 N–H and O–H groups in total. The molecule has 1 atom stereocenters. The first-order valence-corrected chi connectivity index (χ1v) is 14.9. The molecule has 2 aromatic carbocycles. The molecule has 9 nitrogen and oxygen atoms in total. The summed E-state index contributed by atoms with van der Waals surface area (Å²) in [6, 6.07) is 17.6. The Bertz CT molecular complexity index is 1810. The van der Waals surface area contributed by atoms with Gasteiger partial charge in [-0.05, 0) is 37.4 Å². The van der Waals surface area contributed by atoms with E-state index in [9.17, 15) is 14.4 Å². The zero-order valence-corrected chi connectivity index (χ0v) is 24.8. The average molecular weight is 605 g/mol. The van der Waals surface area contributed by atoms with Crippen molar-refractivity contribution in [3.8, 4) is 11.5 Å². The fourth-order valence-corrected chi connectivity index (χ4v) is 6.41. The van der Waals surface area contributed by atoms with Crippen LogP contribution in [-0.2, 0) is 19.1 Å². The third kappa shape index (κ3) is 5.79. The summed E-state index contributed by atoms with van der Waals surface area (Å²) in [4.78, 5) is 45.6. The standard InChI is InChI=1S/C31H28N2O7S2/c1-4-38-24(34)18-40-28-20(13-9-14-21(28)37-3)17-23-29(35)33-27(22-15-10-16-41-22)25(30(36)39-5-2)26(32-31(33)42-23)19-11-7-6-8-12-19/h6-17,27H,4-5,18H2,1-3H3/b23-17-/t27-/m1/s1. The van der Waals surface area contributed by atoms with Crippen molar-refractivity contribution in [2.75, 3.05) is 26.9 Å². The molecule has 2 aromatic heterocycles. The number of rotatable bonds is 10. The molecular weight excluding hydrogens is 576 g/mol. The van der Waals surface area contributed by atoms with Crippen molar-refractivity contribution in [2.24, 2.45) is 4.99 Å². The third-order valence-corrected chi connectivity index (χ3v) is 8.25. The molecule has 216 valence electrons. The van der Waals surface area contributed by atoms with Crippen molar-refractivity contribution in [3.05, 3.63) is 107 Å². The first-order chi connectivity index (χ1) is 20.5. The van der Waals surface area contributed by atoms with Gasteiger partial charge in [0.15, 0.2) is 22.9 Å². The molecular formula is C31H28N2O7S2. The van der Waals surface area contributed by atoms with E-state index in [4.69, 9.17) is 23.9 Å². The fraction of sp³-hybridized carbons (Fsp3) is 0.226. The van der Waals surface area contributed by atoms with Gasteiger partial charge in [-0.2, -0.15) is 0 Å². The molecule has 4 aromatic rings. The van der Waals surface area contributed by atoms with E-state index >= 15 is 0 Å². The van der Waals surface area contributed by atoms with Gasteiger partial charge in [0.2, 0.25) is 0 Å². The summed E-state index contributed by atoms with van der Waals surface area (Å²) in [7, 11) is 1.49. The van der Waals surface area contributed by atoms with Crippen LogP contribution in [0.2, 0.25) is 0 Å². The molecule has 0 fully saturated rings. The number of carbonyl (C=O) groups is 2. The monoisotopic (exact) mass is 604 g/mol. The summed E-state index contributed by atoms with van der Waals surface area (Å²) in [5, 5.41) is 1.90. The van der Waals surface area contributed by atoms with Crippen LogP contribution < -0.4 is 24.4 Å². The Morgan fingerprint density at radius 3 is 2.48 bits per heavy atom. The highest BCUT2D eigenvalue weighted by atomic mass is 32.1. The second-order valence-corrected chi connectivity index (χ2v) is 10.9. The summed E-state index contributed by atoms with van der Waals surface area (Å²) in [6.45, 7) is 3.54. The number of carbonyl (C=O) groups excluding carboxylic acids is 2. The van der Waals surface area contributed by atoms with Gasteiger partial charge in [0, 0.05) is 16.0 Å². The van der Waals surface area contributed by atoms with Crippen LogP contribution in [0.25, 0.3) is 11.8 Å². The predicted octanol–water partition coefficient (Wildman–Crippen LogP) is 3.95. The molecule has 11 heteroatoms. The number of hydrogen-bond acceptors (Lipinski definition) is 10. The number of hydrogen-bond donors (Lipinski definition) is 0. The van der Waals surface area contributed by atoms with Crippen LogP contribution in [0.3, 0.4) is 0 Å². The van der Waals surface area contributed by atoms with E-state index < -0.39 is 18.0 Å². The highest BCUT2D eigenvalue weighted by Crippen LogP contribution is 2.37. The van der Waals surface area contributed by atoms with Gasteiger partial charge >= 0.3 is 11.9 Å². The Kier molecular flexibility index (Phi) is 8.99. The molecule has 0 amide bonds. The summed E-state index contributed by atoms with van der Waals surface area (Å²) >= 11 is 2.64. The number of methoxy groups -OCH3 is 1. The largest absolute Gasteiger partial charge is 0.493 e. The molecule has 42 heavy (non-hydrogen) atoms. The average Bonchev–Trinajstić information content (AvgIpc) is 3.64. The van der Waals surface area contributed by atoms with E-state index in [1.54, 1.807) is 42.7 Å². The number of fused-ring (bicyclic) bond motifs is 1. The number of nitrogens with zero attached hydrogens (tertiary/aromatic N) is 2. The molecule has 0 bridgehead atoms. The predicted molar refractivity (Wildman–Crippen MR) is 161 cm³/mol. The maximum absolute atomic E-state index is 14.1. The summed E-state index contributed by atoms with van der Waals surface area (Å²) in [6.07, 6.45) is 1.68. The van der Waals surface area contributed by atoms with Crippen molar-refractivity contribution >= 4 is 46.4 Å². The second kappa shape index (κ2) is 13.0. The van der Waals surface area contributed by atoms with Gasteiger partial charge in [-0.25, -0.2) is 14.6 Å². The number of esters is 2. The smallest absolute Gasteiger partial charge is 0.344 e. The van der Waals surface area contributed by atoms with Gasteiger partial charge in [-0.3, -0.25) is 9.36 Å². The van der Waals surface area contributed by atoms with Gasteiger partial charge in [0.25, 0.3) is 5.56 Å². The van der Waals surface area contributed by atoms with E-state index in [1.165, 1.54) is 29.8 Å². The maximum Gasteiger partial charge on any atom is 0.344 e. The van der Waals surface area contributed by atoms with Gasteiger partial charge in [0.1, 0.15) is 6.04 Å². The van der Waals surface area contributed by atoms with Crippen LogP contribution in [0.15, 0.2) is 81.4 Å². The van der Waals surface area contributed by atoms with Crippen molar-refractivity contribution < 1.29 is 28.5 Å². The van der Waals surface area contributed by atoms with E-state index in [0.29, 0.717) is 37.7 Å². The van der Waals surface area contributed by atoms with E-state index in [-0.39, 0.29) is 25.4 Å². The lowest BCUT2D eigenvalue weighted by atomic mass is 9.97. The van der Waals surface area contributed by atoms with Crippen LogP contribution in [0, 0.1) is 0 Å². The summed E-state index contributed by atoms with van der Waals surface area (Å²) < 4.78 is 23.6. The van der Waals surface area contributed by atoms with Gasteiger partial charge in [0.05, 0.1) is 36.1 Å². The van der Waals surface area contributed by atoms with Crippen molar-refractivity contribution in [2.45, 2.75) is 19.9 Å². The SMILES string of the molecule is CCOC(=O)COc1c(/C=c2\sc3n(c2=O)[C@H](c2cccs2)C(C(=O)OCC)=C(c2ccccc2)N=3)cccc1OC. The lowest BCUT2D eigenvalue weighted by Gasteiger charge is -2.24. The third-order valence-electron chi connectivity index (χ3n) is 6.34. The highest BCUT2D eigenvalue weighted by Gasteiger charge is 2.35. The highest BCUT2D eigenvalue weighted by molar-refractivity contribution is 7.10. The Balaban J connectivity index is 1.72. The van der Waals surface area contributed by atoms with Crippen LogP contribution in [0.1, 0.15) is 35.9 Å². The lowest BCUT2D eigenvalue weighted by molar-refractivity contribution is -0.145. The first kappa shape index (κ1) is 29.0. The first-order valence-electron chi connectivity index (χ1n) is 13.2. The number of aromatic nitrogens is 1. The van der Waals surface area contributed by atoms with Crippen LogP contribution in [-0.4, -0.2) is 43.4 Å². The number of ether oxygens (including phenoxy) is 4. The Hall–Kier alpha value is -4.48. The molecule has 3 heterocycles. The fourth-order valence-electron chi connectivity index (χ4n) is 4.59. The molecule has 0 aliphatic carbocycles. The summed E-state index contributed by atoms with van der Waals surface area (Å²) in [5.41, 5.74) is 1.70. The van der Waals surface area contributed by atoms with Gasteiger partial charge in [-0.15, -0.1) is 11.3 Å². The van der Waals surface area contributed by atoms with Crippen LogP contribution in [0.5, 0.6) is 11.5 Å². The van der Waals surface area contributed by atoms with Crippen LogP contribution >= 0.6 is 22.7 Å². The molecule has 0 radical (unpaired) electrons. The molecule has 0 saturated heterocycles. The topological polar surface area (TPSA) is 105 Å². The molecule has 1 aliphatic rings. The van der Waals surface area contributed by atoms with Gasteiger partial charge in [-0.1, -0.05) is 59.9 Å². The van der Waals surface area contributed by atoms with E-state index in [0.717, 1.165) is 10.4 Å².